The van der Waals surface area contributed by atoms with Crippen molar-refractivity contribution in [1.82, 2.24) is 9.80 Å². The molecule has 1 aliphatic carbocycles. The van der Waals surface area contributed by atoms with Gasteiger partial charge in [0.15, 0.2) is 0 Å². The quantitative estimate of drug-likeness (QED) is 0.753. The second-order valence-corrected chi connectivity index (χ2v) is 6.69. The number of piperazine rings is 1. The minimum absolute atomic E-state index is 0.253. The van der Waals surface area contributed by atoms with Gasteiger partial charge in [-0.05, 0) is 33.7 Å². The molecule has 1 aliphatic heterocycles. The van der Waals surface area contributed by atoms with E-state index >= 15 is 0 Å². The van der Waals surface area contributed by atoms with Crippen molar-refractivity contribution in [2.45, 2.75) is 70.0 Å². The molecule has 0 radical (unpaired) electrons. The zero-order valence-corrected chi connectivity index (χ0v) is 12.2. The highest BCUT2D eigenvalue weighted by Crippen LogP contribution is 2.32. The SMILES string of the molecule is CN1CC(C)(C)N(C2CCCCC2)CC1CC#N. The largest absolute Gasteiger partial charge is 0.299 e. The molecule has 0 aromatic heterocycles. The molecule has 0 N–H and O–H groups in total. The van der Waals surface area contributed by atoms with E-state index in [0.29, 0.717) is 12.5 Å². The van der Waals surface area contributed by atoms with Crippen molar-refractivity contribution in [3.8, 4) is 6.07 Å². The van der Waals surface area contributed by atoms with Gasteiger partial charge in [0, 0.05) is 30.7 Å². The van der Waals surface area contributed by atoms with Crippen LogP contribution in [-0.4, -0.2) is 47.6 Å². The van der Waals surface area contributed by atoms with Crippen LogP contribution in [0.5, 0.6) is 0 Å². The summed E-state index contributed by atoms with van der Waals surface area (Å²) in [6.07, 6.45) is 7.55. The summed E-state index contributed by atoms with van der Waals surface area (Å²) in [5.41, 5.74) is 0.253. The van der Waals surface area contributed by atoms with Gasteiger partial charge in [0.05, 0.1) is 12.5 Å². The van der Waals surface area contributed by atoms with Gasteiger partial charge in [0.1, 0.15) is 0 Å². The van der Waals surface area contributed by atoms with E-state index in [0.717, 1.165) is 19.1 Å². The molecule has 0 amide bonds. The first kappa shape index (κ1) is 13.8. The smallest absolute Gasteiger partial charge is 0.0638 e. The average Bonchev–Trinajstić information content (AvgIpc) is 2.33. The number of hydrogen-bond acceptors (Lipinski definition) is 3. The molecule has 1 saturated heterocycles. The van der Waals surface area contributed by atoms with E-state index in [9.17, 15) is 0 Å². The van der Waals surface area contributed by atoms with Crippen molar-refractivity contribution in [2.75, 3.05) is 20.1 Å². The van der Waals surface area contributed by atoms with Gasteiger partial charge in [-0.2, -0.15) is 5.26 Å². The highest BCUT2D eigenvalue weighted by Gasteiger charge is 2.40. The molecule has 102 valence electrons. The molecule has 1 unspecified atom stereocenters. The summed E-state index contributed by atoms with van der Waals surface area (Å²) in [5, 5.41) is 8.97. The topological polar surface area (TPSA) is 30.3 Å². The number of nitriles is 1. The van der Waals surface area contributed by atoms with Gasteiger partial charge >= 0.3 is 0 Å². The maximum absolute atomic E-state index is 8.97. The van der Waals surface area contributed by atoms with E-state index in [4.69, 9.17) is 5.26 Å². The first-order chi connectivity index (χ1) is 8.54. The molecule has 3 heteroatoms. The summed E-state index contributed by atoms with van der Waals surface area (Å²) in [5.74, 6) is 0. The lowest BCUT2D eigenvalue weighted by Gasteiger charge is -2.53. The monoisotopic (exact) mass is 249 g/mol. The molecule has 3 nitrogen and oxygen atoms in total. The second kappa shape index (κ2) is 5.59. The molecule has 0 bridgehead atoms. The van der Waals surface area contributed by atoms with Crippen molar-refractivity contribution in [3.63, 3.8) is 0 Å². The zero-order chi connectivity index (χ0) is 13.2. The third-order valence-electron chi connectivity index (χ3n) is 4.79. The summed E-state index contributed by atoms with van der Waals surface area (Å²) >= 11 is 0. The van der Waals surface area contributed by atoms with Crippen molar-refractivity contribution in [2.24, 2.45) is 0 Å². The first-order valence-corrected chi connectivity index (χ1v) is 7.38. The predicted molar refractivity (Wildman–Crippen MR) is 74.3 cm³/mol. The number of nitrogens with zero attached hydrogens (tertiary/aromatic N) is 3. The van der Waals surface area contributed by atoms with Crippen molar-refractivity contribution in [1.29, 1.82) is 5.26 Å². The maximum Gasteiger partial charge on any atom is 0.0638 e. The van der Waals surface area contributed by atoms with Crippen LogP contribution >= 0.6 is 0 Å². The third-order valence-corrected chi connectivity index (χ3v) is 4.79. The number of likely N-dealkylation sites (N-methyl/N-ethyl adjacent to an activating group) is 1. The van der Waals surface area contributed by atoms with Crippen LogP contribution in [0.2, 0.25) is 0 Å². The van der Waals surface area contributed by atoms with Crippen LogP contribution in [0.4, 0.5) is 0 Å². The van der Waals surface area contributed by atoms with Gasteiger partial charge in [-0.1, -0.05) is 19.3 Å². The third kappa shape index (κ3) is 2.87. The molecule has 1 saturated carbocycles. The van der Waals surface area contributed by atoms with Crippen LogP contribution in [0.15, 0.2) is 0 Å². The highest BCUT2D eigenvalue weighted by atomic mass is 15.3. The second-order valence-electron chi connectivity index (χ2n) is 6.69. The standard InChI is InChI=1S/C15H27N3/c1-15(2)12-17(3)14(9-10-16)11-18(15)13-7-5-4-6-8-13/h13-14H,4-9,11-12H2,1-3H3. The van der Waals surface area contributed by atoms with Gasteiger partial charge < -0.3 is 0 Å². The minimum atomic E-state index is 0.253. The minimum Gasteiger partial charge on any atom is -0.299 e. The van der Waals surface area contributed by atoms with Crippen LogP contribution in [-0.2, 0) is 0 Å². The van der Waals surface area contributed by atoms with Gasteiger partial charge in [-0.15, -0.1) is 0 Å². The molecular weight excluding hydrogens is 222 g/mol. The normalized spacial score (nSPS) is 31.1. The number of rotatable bonds is 2. The van der Waals surface area contributed by atoms with E-state index in [1.165, 1.54) is 32.1 Å². The Labute approximate surface area is 112 Å². The average molecular weight is 249 g/mol. The lowest BCUT2D eigenvalue weighted by molar-refractivity contribution is -0.0404. The fraction of sp³-hybridized carbons (Fsp3) is 0.933. The van der Waals surface area contributed by atoms with E-state index in [1.54, 1.807) is 0 Å². The maximum atomic E-state index is 8.97. The van der Waals surface area contributed by atoms with Crippen LogP contribution in [0.25, 0.3) is 0 Å². The molecule has 0 aromatic carbocycles. The Morgan fingerprint density at radius 3 is 2.50 bits per heavy atom. The van der Waals surface area contributed by atoms with Gasteiger partial charge in [-0.25, -0.2) is 0 Å². The van der Waals surface area contributed by atoms with Gasteiger partial charge in [-0.3, -0.25) is 9.80 Å². The van der Waals surface area contributed by atoms with E-state index < -0.39 is 0 Å². The molecule has 1 heterocycles. The van der Waals surface area contributed by atoms with Crippen LogP contribution in [0, 0.1) is 11.3 Å². The van der Waals surface area contributed by atoms with Crippen LogP contribution in [0.1, 0.15) is 52.4 Å². The lowest BCUT2D eigenvalue weighted by atomic mass is 9.87. The Morgan fingerprint density at radius 1 is 1.22 bits per heavy atom. The lowest BCUT2D eigenvalue weighted by Crippen LogP contribution is -2.64. The summed E-state index contributed by atoms with van der Waals surface area (Å²) in [6, 6.07) is 3.52. The molecular formula is C15H27N3. The molecule has 18 heavy (non-hydrogen) atoms. The summed E-state index contributed by atoms with van der Waals surface area (Å²) in [6.45, 7) is 6.87. The summed E-state index contributed by atoms with van der Waals surface area (Å²) in [4.78, 5) is 5.08. The fourth-order valence-corrected chi connectivity index (χ4v) is 3.81. The van der Waals surface area contributed by atoms with Crippen LogP contribution in [0.3, 0.4) is 0 Å². The fourth-order valence-electron chi connectivity index (χ4n) is 3.81. The van der Waals surface area contributed by atoms with Crippen molar-refractivity contribution < 1.29 is 0 Å². The molecule has 2 fully saturated rings. The zero-order valence-electron chi connectivity index (χ0n) is 12.2. The molecule has 2 aliphatic rings. The van der Waals surface area contributed by atoms with Gasteiger partial charge in [0.25, 0.3) is 0 Å². The Kier molecular flexibility index (Phi) is 4.29. The van der Waals surface area contributed by atoms with Crippen molar-refractivity contribution >= 4 is 0 Å². The van der Waals surface area contributed by atoms with Crippen molar-refractivity contribution in [3.05, 3.63) is 0 Å². The highest BCUT2D eigenvalue weighted by molar-refractivity contribution is 4.99. The Balaban J connectivity index is 2.08. The Morgan fingerprint density at radius 2 is 1.89 bits per heavy atom. The Bertz CT molecular complexity index is 312. The molecule has 0 aromatic rings. The molecule has 1 atom stereocenters. The predicted octanol–water partition coefficient (Wildman–Crippen LogP) is 2.63. The molecule has 2 rings (SSSR count). The first-order valence-electron chi connectivity index (χ1n) is 7.38. The van der Waals surface area contributed by atoms with E-state index in [1.807, 2.05) is 0 Å². The molecule has 0 spiro atoms. The summed E-state index contributed by atoms with van der Waals surface area (Å²) < 4.78 is 0. The number of hydrogen-bond donors (Lipinski definition) is 0. The van der Waals surface area contributed by atoms with E-state index in [2.05, 4.69) is 36.8 Å². The van der Waals surface area contributed by atoms with E-state index in [-0.39, 0.29) is 5.54 Å². The van der Waals surface area contributed by atoms with Gasteiger partial charge in [0.2, 0.25) is 0 Å². The summed E-state index contributed by atoms with van der Waals surface area (Å²) in [7, 11) is 2.17. The Hall–Kier alpha value is -0.590. The van der Waals surface area contributed by atoms with Crippen LogP contribution < -0.4 is 0 Å².